The molecule has 1 heterocycles. The average Bonchev–Trinajstić information content (AvgIpc) is 2.87. The largest absolute Gasteiger partial charge is 0.489 e. The molecule has 2 aromatic carbocycles. The van der Waals surface area contributed by atoms with E-state index >= 15 is 0 Å². The summed E-state index contributed by atoms with van der Waals surface area (Å²) in [6.07, 6.45) is 2.25. The third-order valence-corrected chi connectivity index (χ3v) is 4.41. The number of nitrogens with one attached hydrogen (secondary N) is 1. The number of hydrogen-bond acceptors (Lipinski definition) is 4. The van der Waals surface area contributed by atoms with Gasteiger partial charge in [0.25, 0.3) is 5.91 Å². The highest BCUT2D eigenvalue weighted by atomic mass is 35.5. The molecule has 138 valence electrons. The lowest BCUT2D eigenvalue weighted by Gasteiger charge is -2.11. The zero-order valence-electron chi connectivity index (χ0n) is 15.1. The Kier molecular flexibility index (Phi) is 5.68. The topological polar surface area (TPSA) is 71.4 Å². The number of ether oxygens (including phenoxy) is 2. The molecule has 0 saturated heterocycles. The molecule has 1 aliphatic rings. The number of aryl methyl sites for hydroxylation is 2. The van der Waals surface area contributed by atoms with Crippen molar-refractivity contribution in [2.75, 3.05) is 18.5 Å². The van der Waals surface area contributed by atoms with Crippen LogP contribution in [0.5, 0.6) is 11.5 Å². The Balaban J connectivity index is 1.87. The van der Waals surface area contributed by atoms with Gasteiger partial charge in [-0.25, -0.2) is 0 Å². The van der Waals surface area contributed by atoms with E-state index in [1.54, 1.807) is 12.1 Å². The van der Waals surface area contributed by atoms with E-state index in [0.717, 1.165) is 17.5 Å². The van der Waals surface area contributed by atoms with Crippen LogP contribution in [0.1, 0.15) is 23.1 Å². The van der Waals surface area contributed by atoms with Gasteiger partial charge in [-0.15, -0.1) is 0 Å². The molecule has 0 atom stereocenters. The van der Waals surface area contributed by atoms with Crippen molar-refractivity contribution in [1.29, 1.82) is 5.26 Å². The third kappa shape index (κ3) is 4.42. The summed E-state index contributed by atoms with van der Waals surface area (Å²) in [5, 5.41) is 12.6. The molecule has 0 fully saturated rings. The number of carbonyl (C=O) groups excluding carboxylic acids is 1. The van der Waals surface area contributed by atoms with Crippen LogP contribution in [0.25, 0.3) is 6.08 Å². The normalized spacial score (nSPS) is 13.5. The number of amides is 1. The van der Waals surface area contributed by atoms with E-state index in [-0.39, 0.29) is 5.57 Å². The van der Waals surface area contributed by atoms with Gasteiger partial charge < -0.3 is 14.8 Å². The second-order valence-electron chi connectivity index (χ2n) is 6.32. The number of nitrogens with zero attached hydrogens (tertiary/aromatic N) is 1. The molecule has 0 aromatic heterocycles. The summed E-state index contributed by atoms with van der Waals surface area (Å²) in [6, 6.07) is 11.0. The summed E-state index contributed by atoms with van der Waals surface area (Å²) in [6.45, 7) is 4.94. The van der Waals surface area contributed by atoms with Gasteiger partial charge in [-0.3, -0.25) is 4.79 Å². The summed E-state index contributed by atoms with van der Waals surface area (Å²) in [7, 11) is 0. The van der Waals surface area contributed by atoms with Crippen LogP contribution in [0.2, 0.25) is 5.02 Å². The number of carbonyl (C=O) groups is 1. The Morgan fingerprint density at radius 2 is 2.00 bits per heavy atom. The molecule has 0 spiro atoms. The molecule has 2 aromatic rings. The van der Waals surface area contributed by atoms with Crippen LogP contribution < -0.4 is 14.8 Å². The summed E-state index contributed by atoms with van der Waals surface area (Å²) in [4.78, 5) is 12.5. The van der Waals surface area contributed by atoms with Crippen LogP contribution in [0, 0.1) is 25.2 Å². The van der Waals surface area contributed by atoms with Crippen molar-refractivity contribution < 1.29 is 14.3 Å². The number of halogens is 1. The first-order valence-electron chi connectivity index (χ1n) is 8.57. The van der Waals surface area contributed by atoms with E-state index in [9.17, 15) is 10.1 Å². The Morgan fingerprint density at radius 1 is 1.22 bits per heavy atom. The van der Waals surface area contributed by atoms with Crippen LogP contribution >= 0.6 is 11.6 Å². The monoisotopic (exact) mass is 382 g/mol. The molecule has 3 rings (SSSR count). The number of benzene rings is 2. The van der Waals surface area contributed by atoms with Crippen molar-refractivity contribution in [2.24, 2.45) is 0 Å². The van der Waals surface area contributed by atoms with Gasteiger partial charge in [0.15, 0.2) is 11.5 Å². The fourth-order valence-electron chi connectivity index (χ4n) is 2.79. The first-order valence-corrected chi connectivity index (χ1v) is 8.95. The summed E-state index contributed by atoms with van der Waals surface area (Å²) < 4.78 is 11.2. The van der Waals surface area contributed by atoms with E-state index < -0.39 is 5.91 Å². The third-order valence-electron chi connectivity index (χ3n) is 4.13. The maximum Gasteiger partial charge on any atom is 0.266 e. The van der Waals surface area contributed by atoms with Crippen molar-refractivity contribution in [2.45, 2.75) is 20.3 Å². The van der Waals surface area contributed by atoms with E-state index in [2.05, 4.69) is 5.32 Å². The van der Waals surface area contributed by atoms with Crippen LogP contribution in [0.4, 0.5) is 5.69 Å². The molecule has 5 nitrogen and oxygen atoms in total. The number of fused-ring (bicyclic) bond motifs is 1. The summed E-state index contributed by atoms with van der Waals surface area (Å²) in [5.41, 5.74) is 3.27. The summed E-state index contributed by atoms with van der Waals surface area (Å²) >= 11 is 6.27. The lowest BCUT2D eigenvalue weighted by Crippen LogP contribution is -2.14. The maximum atomic E-state index is 12.5. The highest BCUT2D eigenvalue weighted by molar-refractivity contribution is 6.32. The lowest BCUT2D eigenvalue weighted by atomic mass is 10.1. The van der Waals surface area contributed by atoms with E-state index in [4.69, 9.17) is 21.1 Å². The quantitative estimate of drug-likeness (QED) is 0.618. The Bertz CT molecular complexity index is 961. The second kappa shape index (κ2) is 8.15. The highest BCUT2D eigenvalue weighted by Gasteiger charge is 2.17. The molecule has 0 saturated carbocycles. The predicted octanol–water partition coefficient (Wildman–Crippen LogP) is 4.66. The number of nitriles is 1. The fourth-order valence-corrected chi connectivity index (χ4v) is 3.07. The molecular weight excluding hydrogens is 364 g/mol. The maximum absolute atomic E-state index is 12.5. The smallest absolute Gasteiger partial charge is 0.266 e. The van der Waals surface area contributed by atoms with Gasteiger partial charge in [-0.2, -0.15) is 5.26 Å². The minimum atomic E-state index is -0.479. The number of rotatable bonds is 3. The van der Waals surface area contributed by atoms with E-state index in [1.165, 1.54) is 6.08 Å². The van der Waals surface area contributed by atoms with Crippen molar-refractivity contribution in [3.8, 4) is 17.6 Å². The number of hydrogen-bond donors (Lipinski definition) is 1. The molecule has 27 heavy (non-hydrogen) atoms. The molecule has 1 aliphatic heterocycles. The van der Waals surface area contributed by atoms with Crippen LogP contribution in [-0.4, -0.2) is 19.1 Å². The second-order valence-corrected chi connectivity index (χ2v) is 6.73. The van der Waals surface area contributed by atoms with E-state index in [1.807, 2.05) is 38.1 Å². The molecule has 1 amide bonds. The van der Waals surface area contributed by atoms with Crippen molar-refractivity contribution in [1.82, 2.24) is 0 Å². The van der Waals surface area contributed by atoms with Gasteiger partial charge in [-0.1, -0.05) is 29.3 Å². The molecule has 0 aliphatic carbocycles. The van der Waals surface area contributed by atoms with Gasteiger partial charge in [-0.05, 0) is 49.2 Å². The molecular formula is C21H19ClN2O3. The van der Waals surface area contributed by atoms with Crippen LogP contribution in [0.15, 0.2) is 35.9 Å². The minimum absolute atomic E-state index is 0.0273. The van der Waals surface area contributed by atoms with Crippen molar-refractivity contribution >= 4 is 29.3 Å². The minimum Gasteiger partial charge on any atom is -0.489 e. The predicted molar refractivity (Wildman–Crippen MR) is 105 cm³/mol. The standard InChI is InChI=1S/C21H19ClN2O3/c1-13-4-5-18(14(2)8-13)24-21(25)16(12-23)9-15-10-17(22)20-19(11-15)26-6-3-7-27-20/h4-5,8-11H,3,6-7H2,1-2H3,(H,24,25)/b16-9+. The first-order chi connectivity index (χ1) is 13.0. The lowest BCUT2D eigenvalue weighted by molar-refractivity contribution is -0.112. The molecule has 0 radical (unpaired) electrons. The van der Waals surface area contributed by atoms with Gasteiger partial charge in [0, 0.05) is 12.1 Å². The molecule has 6 heteroatoms. The Morgan fingerprint density at radius 3 is 2.74 bits per heavy atom. The molecule has 0 unspecified atom stereocenters. The molecule has 1 N–H and O–H groups in total. The van der Waals surface area contributed by atoms with Crippen LogP contribution in [-0.2, 0) is 4.79 Å². The Labute approximate surface area is 163 Å². The average molecular weight is 383 g/mol. The fraction of sp³-hybridized carbons (Fsp3) is 0.238. The SMILES string of the molecule is Cc1ccc(NC(=O)/C(C#N)=C/c2cc(Cl)c3c(c2)OCCCO3)c(C)c1. The van der Waals surface area contributed by atoms with Gasteiger partial charge in [0.05, 0.1) is 18.2 Å². The van der Waals surface area contributed by atoms with Gasteiger partial charge >= 0.3 is 0 Å². The highest BCUT2D eigenvalue weighted by Crippen LogP contribution is 2.38. The Hall–Kier alpha value is -2.97. The van der Waals surface area contributed by atoms with Gasteiger partial charge in [0.1, 0.15) is 11.6 Å². The zero-order chi connectivity index (χ0) is 19.4. The zero-order valence-corrected chi connectivity index (χ0v) is 15.9. The molecule has 0 bridgehead atoms. The number of anilines is 1. The summed E-state index contributed by atoms with van der Waals surface area (Å²) in [5.74, 6) is 0.524. The van der Waals surface area contributed by atoms with Crippen LogP contribution in [0.3, 0.4) is 0 Å². The van der Waals surface area contributed by atoms with E-state index in [0.29, 0.717) is 41.0 Å². The first kappa shape index (κ1) is 18.8. The van der Waals surface area contributed by atoms with Crippen molar-refractivity contribution in [3.63, 3.8) is 0 Å². The van der Waals surface area contributed by atoms with Gasteiger partial charge in [0.2, 0.25) is 0 Å². The van der Waals surface area contributed by atoms with Crippen molar-refractivity contribution in [3.05, 3.63) is 57.6 Å².